The van der Waals surface area contributed by atoms with Crippen molar-refractivity contribution in [1.82, 2.24) is 4.90 Å². The third kappa shape index (κ3) is 5.45. The average Bonchev–Trinajstić information content (AvgIpc) is 3.21. The second-order valence-electron chi connectivity index (χ2n) is 13.4. The Bertz CT molecular complexity index is 2650. The van der Waals surface area contributed by atoms with Crippen molar-refractivity contribution in [1.29, 1.82) is 0 Å². The molecule has 5 nitrogen and oxygen atoms in total. The van der Waals surface area contributed by atoms with Gasteiger partial charge in [-0.25, -0.2) is 15.0 Å². The Morgan fingerprint density at radius 3 is 1.75 bits per heavy atom. The van der Waals surface area contributed by atoms with Gasteiger partial charge in [-0.05, 0) is 63.0 Å². The lowest BCUT2D eigenvalue weighted by Crippen LogP contribution is -2.82. The van der Waals surface area contributed by atoms with E-state index in [1.165, 1.54) is 38.4 Å². The van der Waals surface area contributed by atoms with Crippen LogP contribution in [0.1, 0.15) is 45.7 Å². The largest absolute Gasteiger partial charge is 0.288 e. The van der Waals surface area contributed by atoms with Gasteiger partial charge in [0.2, 0.25) is 12.1 Å². The maximum Gasteiger partial charge on any atom is 0.230 e. The number of guanidine groups is 1. The highest BCUT2D eigenvalue weighted by Crippen LogP contribution is 2.42. The van der Waals surface area contributed by atoms with Gasteiger partial charge in [-0.3, -0.25) is 10.2 Å². The van der Waals surface area contributed by atoms with Crippen LogP contribution in [0.4, 0.5) is 0 Å². The van der Waals surface area contributed by atoms with Crippen molar-refractivity contribution in [2.24, 2.45) is 15.0 Å². The van der Waals surface area contributed by atoms with E-state index in [1.807, 2.05) is 0 Å². The van der Waals surface area contributed by atoms with Crippen LogP contribution in [0, 0.1) is 0 Å². The zero-order valence-corrected chi connectivity index (χ0v) is 28.3. The van der Waals surface area contributed by atoms with Gasteiger partial charge in [0.05, 0.1) is 17.1 Å². The lowest BCUT2D eigenvalue weighted by molar-refractivity contribution is -0.609. The van der Waals surface area contributed by atoms with E-state index in [0.717, 1.165) is 45.3 Å². The summed E-state index contributed by atoms with van der Waals surface area (Å²) in [6, 6.07) is 60.0. The number of fused-ring (bicyclic) bond motifs is 3. The van der Waals surface area contributed by atoms with Crippen molar-refractivity contribution in [2.45, 2.75) is 12.3 Å². The molecule has 0 saturated carbocycles. The van der Waals surface area contributed by atoms with Gasteiger partial charge in [0.1, 0.15) is 5.70 Å². The summed E-state index contributed by atoms with van der Waals surface area (Å²) in [5.41, 5.74) is 10.9. The van der Waals surface area contributed by atoms with Crippen molar-refractivity contribution in [3.8, 4) is 0 Å². The zero-order valence-electron chi connectivity index (χ0n) is 28.3. The summed E-state index contributed by atoms with van der Waals surface area (Å²) in [5, 5.41) is 7.10. The number of allylic oxidation sites excluding steroid dienone is 2. The third-order valence-corrected chi connectivity index (χ3v) is 10.2. The van der Waals surface area contributed by atoms with Crippen LogP contribution in [0.3, 0.4) is 0 Å². The molecule has 5 heteroatoms. The molecule has 0 bridgehead atoms. The van der Waals surface area contributed by atoms with E-state index in [9.17, 15) is 0 Å². The van der Waals surface area contributed by atoms with Crippen LogP contribution in [0.2, 0.25) is 0 Å². The van der Waals surface area contributed by atoms with Gasteiger partial charge >= 0.3 is 0 Å². The van der Waals surface area contributed by atoms with Gasteiger partial charge in [-0.2, -0.15) is 0 Å². The molecule has 7 aromatic carbocycles. The molecule has 2 unspecified atom stereocenters. The number of nitrogens with two attached hydrogens (primary N) is 1. The first kappa shape index (κ1) is 30.2. The standard InChI is InChI=1S/C47H33N5/c1-3-13-33(14-4-1)41-29-42(49-45(48-41)35-15-5-2-6-16-35)34-21-23-36(24-22-34)46-51-47-50-43(39-25-19-31-11-7-9-17-37(31)27-39)30-44(52(46)47)40-26-20-32-12-8-10-18-38(32)28-40/h1-30,45-46,48H/p+1. The number of hydrogen-bond donors (Lipinski definition) is 1. The quantitative estimate of drug-likeness (QED) is 0.189. The van der Waals surface area contributed by atoms with Crippen LogP contribution in [0.5, 0.6) is 0 Å². The van der Waals surface area contributed by atoms with Crippen LogP contribution in [-0.2, 0) is 0 Å². The highest BCUT2D eigenvalue weighted by molar-refractivity contribution is 6.22. The molecule has 0 spiro atoms. The lowest BCUT2D eigenvalue weighted by Gasteiger charge is -2.42. The van der Waals surface area contributed by atoms with E-state index in [4.69, 9.17) is 15.0 Å². The van der Waals surface area contributed by atoms with Gasteiger partial charge in [0, 0.05) is 28.3 Å². The number of hydrogen-bond acceptors (Lipinski definition) is 4. The molecular weight excluding hydrogens is 635 g/mol. The molecule has 0 radical (unpaired) electrons. The lowest BCUT2D eigenvalue weighted by atomic mass is 9.96. The summed E-state index contributed by atoms with van der Waals surface area (Å²) in [6.07, 6.45) is 4.18. The Balaban J connectivity index is 1.02. The molecule has 2 N–H and O–H groups in total. The van der Waals surface area contributed by atoms with Crippen molar-refractivity contribution in [2.75, 3.05) is 0 Å². The zero-order chi connectivity index (χ0) is 34.4. The third-order valence-electron chi connectivity index (χ3n) is 10.2. The van der Waals surface area contributed by atoms with E-state index in [1.54, 1.807) is 0 Å². The molecule has 0 aliphatic carbocycles. The predicted molar refractivity (Wildman–Crippen MR) is 213 cm³/mol. The summed E-state index contributed by atoms with van der Waals surface area (Å²) < 4.78 is 0. The molecule has 10 rings (SSSR count). The maximum absolute atomic E-state index is 5.22. The van der Waals surface area contributed by atoms with Crippen LogP contribution in [-0.4, -0.2) is 22.3 Å². The van der Waals surface area contributed by atoms with Crippen LogP contribution < -0.4 is 5.32 Å². The molecule has 3 heterocycles. The Morgan fingerprint density at radius 1 is 0.442 bits per heavy atom. The van der Waals surface area contributed by atoms with Crippen molar-refractivity contribution < 1.29 is 5.32 Å². The monoisotopic (exact) mass is 668 g/mol. The first-order valence-corrected chi connectivity index (χ1v) is 17.7. The predicted octanol–water partition coefficient (Wildman–Crippen LogP) is 9.31. The van der Waals surface area contributed by atoms with Crippen LogP contribution in [0.15, 0.2) is 197 Å². The fourth-order valence-electron chi connectivity index (χ4n) is 7.44. The molecule has 246 valence electrons. The molecule has 0 fully saturated rings. The van der Waals surface area contributed by atoms with E-state index in [2.05, 4.69) is 192 Å². The molecule has 0 saturated heterocycles. The second-order valence-corrected chi connectivity index (χ2v) is 13.4. The van der Waals surface area contributed by atoms with Crippen molar-refractivity contribution >= 4 is 50.3 Å². The van der Waals surface area contributed by atoms with Crippen LogP contribution in [0.25, 0.3) is 32.9 Å². The summed E-state index contributed by atoms with van der Waals surface area (Å²) in [5.74, 6) is 0.733. The molecule has 2 atom stereocenters. The Kier molecular flexibility index (Phi) is 7.29. The normalized spacial score (nSPS) is 18.1. The summed E-state index contributed by atoms with van der Waals surface area (Å²) >= 11 is 0. The smallest absolute Gasteiger partial charge is 0.230 e. The SMILES string of the molecule is C1=C(c2ccccc2)[NH2+]C(c2ccccc2)N=C1c1ccc(C2N=C3N=C(c4ccc5ccccc5c4)C=C(c4ccc5ccccc5c4)N32)cc1. The minimum atomic E-state index is -0.183. The fourth-order valence-corrected chi connectivity index (χ4v) is 7.44. The van der Waals surface area contributed by atoms with Crippen molar-refractivity contribution in [3.63, 3.8) is 0 Å². The van der Waals surface area contributed by atoms with Gasteiger partial charge in [-0.1, -0.05) is 146 Å². The number of rotatable bonds is 6. The number of nitrogens with zero attached hydrogens (tertiary/aromatic N) is 4. The van der Waals surface area contributed by atoms with Crippen LogP contribution >= 0.6 is 0 Å². The van der Waals surface area contributed by atoms with E-state index in [-0.39, 0.29) is 12.3 Å². The molecule has 3 aliphatic heterocycles. The van der Waals surface area contributed by atoms with Gasteiger partial charge in [-0.15, -0.1) is 0 Å². The average molecular weight is 669 g/mol. The number of benzene rings is 7. The molecule has 7 aromatic rings. The highest BCUT2D eigenvalue weighted by Gasteiger charge is 2.38. The number of aliphatic imine (C=N–C) groups is 3. The topological polar surface area (TPSA) is 56.9 Å². The van der Waals surface area contributed by atoms with Gasteiger partial charge < -0.3 is 0 Å². The maximum atomic E-state index is 5.22. The Labute approximate surface area is 302 Å². The molecule has 0 amide bonds. The first-order chi connectivity index (χ1) is 25.7. The van der Waals surface area contributed by atoms with Gasteiger partial charge in [0.15, 0.2) is 6.17 Å². The number of quaternary nitrogens is 1. The molecule has 3 aliphatic rings. The summed E-state index contributed by atoms with van der Waals surface area (Å²) in [4.78, 5) is 17.7. The van der Waals surface area contributed by atoms with E-state index in [0.29, 0.717) is 0 Å². The Hall–Kier alpha value is -6.69. The minimum absolute atomic E-state index is 0.0625. The highest BCUT2D eigenvalue weighted by atomic mass is 15.4. The first-order valence-electron chi connectivity index (χ1n) is 17.7. The Morgan fingerprint density at radius 2 is 1.04 bits per heavy atom. The molecule has 52 heavy (non-hydrogen) atoms. The van der Waals surface area contributed by atoms with Gasteiger partial charge in [0.25, 0.3) is 0 Å². The fraction of sp³-hybridized carbons (Fsp3) is 0.0426. The van der Waals surface area contributed by atoms with E-state index >= 15 is 0 Å². The second kappa shape index (κ2) is 12.6. The minimum Gasteiger partial charge on any atom is -0.288 e. The molecular formula is C47H34N5+. The van der Waals surface area contributed by atoms with E-state index < -0.39 is 0 Å². The molecule has 0 aromatic heterocycles. The summed E-state index contributed by atoms with van der Waals surface area (Å²) in [6.45, 7) is 0. The summed E-state index contributed by atoms with van der Waals surface area (Å²) in [7, 11) is 0. The van der Waals surface area contributed by atoms with Crippen molar-refractivity contribution in [3.05, 3.63) is 215 Å².